The second-order valence-corrected chi connectivity index (χ2v) is 12.5. The first-order valence-corrected chi connectivity index (χ1v) is 13.5. The molecule has 0 aliphatic carbocycles. The number of hydrogen-bond donors (Lipinski definition) is 1. The van der Waals surface area contributed by atoms with Gasteiger partial charge in [-0.3, -0.25) is 19.2 Å². The number of hydrogen-bond acceptors (Lipinski definition) is 9. The van der Waals surface area contributed by atoms with E-state index in [0.29, 0.717) is 18.4 Å². The Hall–Kier alpha value is -2.94. The number of esters is 4. The lowest BCUT2D eigenvalue weighted by Crippen LogP contribution is -2.36. The molecular formula is C30H47NO8. The van der Waals surface area contributed by atoms with E-state index >= 15 is 0 Å². The Balaban J connectivity index is 2.98. The minimum atomic E-state index is -1.02. The van der Waals surface area contributed by atoms with E-state index in [1.54, 1.807) is 40.7 Å². The summed E-state index contributed by atoms with van der Waals surface area (Å²) in [5.74, 6) is -1.80. The van der Waals surface area contributed by atoms with Gasteiger partial charge in [0.15, 0.2) is 11.5 Å². The van der Waals surface area contributed by atoms with Gasteiger partial charge in [-0.05, 0) is 77.0 Å². The number of nitrogens with two attached hydrogens (primary N) is 1. The molecule has 9 heteroatoms. The van der Waals surface area contributed by atoms with Gasteiger partial charge in [0, 0.05) is 0 Å². The van der Waals surface area contributed by atoms with Crippen molar-refractivity contribution >= 4 is 23.9 Å². The minimum Gasteiger partial charge on any atom is -0.461 e. The second-order valence-electron chi connectivity index (χ2n) is 12.5. The highest BCUT2D eigenvalue weighted by molar-refractivity contribution is 5.81. The molecule has 0 heterocycles. The van der Waals surface area contributed by atoms with Crippen molar-refractivity contribution in [3.05, 3.63) is 23.8 Å². The second kappa shape index (κ2) is 13.9. The first-order valence-electron chi connectivity index (χ1n) is 13.5. The van der Waals surface area contributed by atoms with Crippen LogP contribution in [0, 0.1) is 16.2 Å². The lowest BCUT2D eigenvalue weighted by molar-refractivity contribution is -0.160. The minimum absolute atomic E-state index is 0.0687. The van der Waals surface area contributed by atoms with Gasteiger partial charge in [0.25, 0.3) is 0 Å². The fourth-order valence-corrected chi connectivity index (χ4v) is 2.99. The van der Waals surface area contributed by atoms with Crippen LogP contribution in [-0.2, 0) is 35.1 Å². The van der Waals surface area contributed by atoms with E-state index in [0.717, 1.165) is 0 Å². The Morgan fingerprint density at radius 2 is 1.36 bits per heavy atom. The standard InChI is InChI=1S/C30H47NO8/c1-11-29(7,8)26(34)38-22-14-13-20(16-23(22)39-27(35)30(9,10)12-2)15-21(31)25(33)36-18-19(3)37-24(32)17-28(4,5)6/h13-14,16,19,21H,11-12,15,17-18,31H2,1-10H3/t19-,21-/m0/s1. The molecule has 1 aromatic rings. The van der Waals surface area contributed by atoms with Gasteiger partial charge in [0.05, 0.1) is 17.3 Å². The molecule has 0 aliphatic heterocycles. The van der Waals surface area contributed by atoms with Crippen molar-refractivity contribution in [3.8, 4) is 11.5 Å². The van der Waals surface area contributed by atoms with Crippen LogP contribution in [0.5, 0.6) is 11.5 Å². The zero-order valence-electron chi connectivity index (χ0n) is 25.3. The van der Waals surface area contributed by atoms with Crippen molar-refractivity contribution in [2.45, 2.75) is 107 Å². The zero-order chi connectivity index (χ0) is 30.2. The summed E-state index contributed by atoms with van der Waals surface area (Å²) in [5.41, 5.74) is 4.96. The maximum absolute atomic E-state index is 12.8. The molecule has 0 amide bonds. The smallest absolute Gasteiger partial charge is 0.323 e. The van der Waals surface area contributed by atoms with Gasteiger partial charge in [-0.25, -0.2) is 0 Å². The fraction of sp³-hybridized carbons (Fsp3) is 0.667. The summed E-state index contributed by atoms with van der Waals surface area (Å²) in [6.07, 6.45) is 0.810. The Labute approximate surface area is 233 Å². The van der Waals surface area contributed by atoms with Crippen LogP contribution in [0.3, 0.4) is 0 Å². The van der Waals surface area contributed by atoms with Crippen LogP contribution in [0.1, 0.15) is 94.1 Å². The van der Waals surface area contributed by atoms with Gasteiger partial charge in [0.2, 0.25) is 0 Å². The van der Waals surface area contributed by atoms with Gasteiger partial charge in [0.1, 0.15) is 18.8 Å². The largest absolute Gasteiger partial charge is 0.461 e. The van der Waals surface area contributed by atoms with Crippen LogP contribution in [0.4, 0.5) is 0 Å². The van der Waals surface area contributed by atoms with Crippen molar-refractivity contribution in [3.63, 3.8) is 0 Å². The van der Waals surface area contributed by atoms with E-state index in [1.807, 2.05) is 34.6 Å². The molecule has 0 radical (unpaired) electrons. The van der Waals surface area contributed by atoms with Crippen LogP contribution >= 0.6 is 0 Å². The molecule has 220 valence electrons. The van der Waals surface area contributed by atoms with E-state index in [9.17, 15) is 19.2 Å². The topological polar surface area (TPSA) is 131 Å². The molecule has 0 saturated heterocycles. The van der Waals surface area contributed by atoms with Crippen LogP contribution in [0.25, 0.3) is 0 Å². The lowest BCUT2D eigenvalue weighted by atomic mass is 9.90. The molecule has 0 aliphatic rings. The highest BCUT2D eigenvalue weighted by Gasteiger charge is 2.31. The average molecular weight is 550 g/mol. The lowest BCUT2D eigenvalue weighted by Gasteiger charge is -2.23. The van der Waals surface area contributed by atoms with Gasteiger partial charge >= 0.3 is 23.9 Å². The molecule has 2 N–H and O–H groups in total. The predicted molar refractivity (Wildman–Crippen MR) is 148 cm³/mol. The normalized spacial score (nSPS) is 13.7. The third kappa shape index (κ3) is 11.4. The molecule has 39 heavy (non-hydrogen) atoms. The Kier molecular flexibility index (Phi) is 12.2. The highest BCUT2D eigenvalue weighted by Crippen LogP contribution is 2.34. The summed E-state index contributed by atoms with van der Waals surface area (Å²) in [7, 11) is 0. The van der Waals surface area contributed by atoms with E-state index in [1.165, 1.54) is 12.1 Å². The maximum atomic E-state index is 12.8. The van der Waals surface area contributed by atoms with Crippen molar-refractivity contribution in [1.29, 1.82) is 0 Å². The molecule has 9 nitrogen and oxygen atoms in total. The first-order chi connectivity index (χ1) is 17.8. The molecule has 0 spiro atoms. The average Bonchev–Trinajstić information content (AvgIpc) is 2.82. The molecule has 1 rings (SSSR count). The Morgan fingerprint density at radius 3 is 1.85 bits per heavy atom. The third-order valence-electron chi connectivity index (χ3n) is 6.51. The summed E-state index contributed by atoms with van der Waals surface area (Å²) in [5, 5.41) is 0. The molecule has 0 saturated carbocycles. The Morgan fingerprint density at radius 1 is 0.846 bits per heavy atom. The van der Waals surface area contributed by atoms with E-state index in [-0.39, 0.29) is 42.3 Å². The monoisotopic (exact) mass is 549 g/mol. The summed E-state index contributed by atoms with van der Waals surface area (Å²) in [6.45, 7) is 18.1. The van der Waals surface area contributed by atoms with Gasteiger partial charge < -0.3 is 24.7 Å². The maximum Gasteiger partial charge on any atom is 0.323 e. The van der Waals surface area contributed by atoms with E-state index in [2.05, 4.69) is 0 Å². The fourth-order valence-electron chi connectivity index (χ4n) is 2.99. The summed E-state index contributed by atoms with van der Waals surface area (Å²) in [4.78, 5) is 50.0. The van der Waals surface area contributed by atoms with Gasteiger partial charge in [-0.1, -0.05) is 40.7 Å². The van der Waals surface area contributed by atoms with Crippen molar-refractivity contribution < 1.29 is 38.1 Å². The van der Waals surface area contributed by atoms with Gasteiger partial charge in [-0.2, -0.15) is 0 Å². The van der Waals surface area contributed by atoms with Crippen molar-refractivity contribution in [2.75, 3.05) is 6.61 Å². The first kappa shape index (κ1) is 34.1. The zero-order valence-corrected chi connectivity index (χ0v) is 25.3. The molecule has 0 fully saturated rings. The van der Waals surface area contributed by atoms with Crippen molar-refractivity contribution in [1.82, 2.24) is 0 Å². The quantitative estimate of drug-likeness (QED) is 0.262. The third-order valence-corrected chi connectivity index (χ3v) is 6.51. The highest BCUT2D eigenvalue weighted by atomic mass is 16.6. The van der Waals surface area contributed by atoms with Gasteiger partial charge in [-0.15, -0.1) is 0 Å². The summed E-state index contributed by atoms with van der Waals surface area (Å²) < 4.78 is 21.8. The molecule has 2 atom stereocenters. The molecule has 0 unspecified atom stereocenters. The van der Waals surface area contributed by atoms with E-state index < -0.39 is 40.9 Å². The van der Waals surface area contributed by atoms with Crippen LogP contribution in [0.2, 0.25) is 0 Å². The Bertz CT molecular complexity index is 1020. The molecule has 1 aromatic carbocycles. The number of carbonyl (C=O) groups excluding carboxylic acids is 4. The molecule has 0 aromatic heterocycles. The van der Waals surface area contributed by atoms with Crippen molar-refractivity contribution in [2.24, 2.45) is 22.0 Å². The van der Waals surface area contributed by atoms with Crippen LogP contribution in [-0.4, -0.2) is 42.6 Å². The SMILES string of the molecule is CCC(C)(C)C(=O)Oc1ccc(C[C@H](N)C(=O)OC[C@H](C)OC(=O)CC(C)(C)C)cc1OC(=O)C(C)(C)CC. The van der Waals surface area contributed by atoms with Crippen LogP contribution in [0.15, 0.2) is 18.2 Å². The molecule has 0 bridgehead atoms. The summed E-state index contributed by atoms with van der Waals surface area (Å²) in [6, 6.07) is 3.68. The predicted octanol–water partition coefficient (Wildman–Crippen LogP) is 5.15. The number of benzene rings is 1. The number of carbonyl (C=O) groups is 4. The summed E-state index contributed by atoms with van der Waals surface area (Å²) >= 11 is 0. The number of ether oxygens (including phenoxy) is 4. The number of rotatable bonds is 13. The van der Waals surface area contributed by atoms with E-state index in [4.69, 9.17) is 24.7 Å². The van der Waals surface area contributed by atoms with Crippen LogP contribution < -0.4 is 15.2 Å². The molecular weight excluding hydrogens is 502 g/mol.